The number of nitrogens with zero attached hydrogens (tertiary/aromatic N) is 2. The molecule has 1 aromatic carbocycles. The van der Waals surface area contributed by atoms with Crippen molar-refractivity contribution in [2.45, 2.75) is 25.1 Å². The van der Waals surface area contributed by atoms with E-state index < -0.39 is 9.84 Å². The summed E-state index contributed by atoms with van der Waals surface area (Å²) >= 11 is 7.48. The van der Waals surface area contributed by atoms with Gasteiger partial charge in [0, 0.05) is 16.2 Å². The molecule has 0 aliphatic carbocycles. The van der Waals surface area contributed by atoms with Crippen LogP contribution >= 0.6 is 23.4 Å². The Labute approximate surface area is 156 Å². The number of amidine groups is 1. The monoisotopic (exact) mass is 402 g/mol. The second-order valence-corrected chi connectivity index (χ2v) is 10.2. The molecular formula is C16H19ClN2O4S2. The summed E-state index contributed by atoms with van der Waals surface area (Å²) in [6.07, 6.45) is 0. The summed E-state index contributed by atoms with van der Waals surface area (Å²) in [4.78, 5) is 18.2. The van der Waals surface area contributed by atoms with Gasteiger partial charge in [0.05, 0.1) is 30.3 Å². The van der Waals surface area contributed by atoms with E-state index in [1.54, 1.807) is 36.9 Å². The van der Waals surface area contributed by atoms with Gasteiger partial charge in [0.1, 0.15) is 5.75 Å². The Morgan fingerprint density at radius 2 is 2.12 bits per heavy atom. The second-order valence-electron chi connectivity index (χ2n) is 6.37. The lowest BCUT2D eigenvalue weighted by molar-refractivity contribution is -0.120. The molecule has 2 aliphatic heterocycles. The fourth-order valence-corrected chi connectivity index (χ4v) is 7.00. The standard InChI is InChI=1S/C16H19ClN2O4S2/c1-9(2)15(20)18-16-19(11-6-10(17)4-5-13(11)23-3)12-7-25(21,22)8-14(12)24-16/h4-6,9,12,14H,7-8H2,1-3H3/t12-,14-/m1/s1. The lowest BCUT2D eigenvalue weighted by Gasteiger charge is -2.26. The van der Waals surface area contributed by atoms with Crippen LogP contribution in [-0.4, -0.2) is 49.4 Å². The summed E-state index contributed by atoms with van der Waals surface area (Å²) in [5, 5.41) is 0.844. The maximum atomic E-state index is 12.1. The van der Waals surface area contributed by atoms with E-state index in [9.17, 15) is 13.2 Å². The van der Waals surface area contributed by atoms with Crippen molar-refractivity contribution in [2.75, 3.05) is 23.5 Å². The average molecular weight is 403 g/mol. The minimum atomic E-state index is -3.12. The SMILES string of the molecule is COc1ccc(Cl)cc1N1C(=NC(=O)C(C)C)S[C@@H]2CS(=O)(=O)C[C@H]21. The highest BCUT2D eigenvalue weighted by Gasteiger charge is 2.50. The Morgan fingerprint density at radius 1 is 1.40 bits per heavy atom. The van der Waals surface area contributed by atoms with Crippen molar-refractivity contribution in [3.63, 3.8) is 0 Å². The fraction of sp³-hybridized carbons (Fsp3) is 0.500. The molecule has 1 aromatic rings. The van der Waals surface area contributed by atoms with Crippen LogP contribution in [0.1, 0.15) is 13.8 Å². The highest BCUT2D eigenvalue weighted by molar-refractivity contribution is 8.16. The van der Waals surface area contributed by atoms with Crippen LogP contribution in [0.2, 0.25) is 5.02 Å². The molecule has 0 bridgehead atoms. The van der Waals surface area contributed by atoms with Crippen molar-refractivity contribution in [3.05, 3.63) is 23.2 Å². The number of amides is 1. The third kappa shape index (κ3) is 3.66. The molecule has 136 valence electrons. The molecule has 0 unspecified atom stereocenters. The molecule has 0 saturated carbocycles. The molecule has 0 N–H and O–H groups in total. The van der Waals surface area contributed by atoms with E-state index in [0.717, 1.165) is 0 Å². The molecule has 2 atom stereocenters. The predicted molar refractivity (Wildman–Crippen MR) is 102 cm³/mol. The van der Waals surface area contributed by atoms with Gasteiger partial charge in [0.25, 0.3) is 5.91 Å². The van der Waals surface area contributed by atoms with Crippen LogP contribution in [0.15, 0.2) is 23.2 Å². The van der Waals surface area contributed by atoms with E-state index in [0.29, 0.717) is 21.6 Å². The zero-order chi connectivity index (χ0) is 18.4. The van der Waals surface area contributed by atoms with E-state index in [1.165, 1.54) is 18.9 Å². The van der Waals surface area contributed by atoms with Gasteiger partial charge in [-0.2, -0.15) is 4.99 Å². The summed E-state index contributed by atoms with van der Waals surface area (Å²) in [6.45, 7) is 3.56. The van der Waals surface area contributed by atoms with Crippen molar-refractivity contribution >= 4 is 50.0 Å². The maximum Gasteiger partial charge on any atom is 0.250 e. The largest absolute Gasteiger partial charge is 0.495 e. The number of anilines is 1. The van der Waals surface area contributed by atoms with Gasteiger partial charge in [-0.05, 0) is 18.2 Å². The molecule has 2 fully saturated rings. The van der Waals surface area contributed by atoms with E-state index in [2.05, 4.69) is 4.99 Å². The van der Waals surface area contributed by atoms with Crippen molar-refractivity contribution in [1.29, 1.82) is 0 Å². The highest BCUT2D eigenvalue weighted by atomic mass is 35.5. The van der Waals surface area contributed by atoms with Crippen LogP contribution in [0.5, 0.6) is 5.75 Å². The van der Waals surface area contributed by atoms with Crippen molar-refractivity contribution < 1.29 is 17.9 Å². The van der Waals surface area contributed by atoms with Gasteiger partial charge >= 0.3 is 0 Å². The Kier molecular flexibility index (Phi) is 5.05. The van der Waals surface area contributed by atoms with Gasteiger partial charge in [0.2, 0.25) is 0 Å². The van der Waals surface area contributed by atoms with Crippen LogP contribution in [0.4, 0.5) is 5.69 Å². The third-order valence-electron chi connectivity index (χ3n) is 4.17. The highest BCUT2D eigenvalue weighted by Crippen LogP contribution is 2.44. The smallest absolute Gasteiger partial charge is 0.250 e. The second kappa shape index (κ2) is 6.81. The molecule has 0 spiro atoms. The van der Waals surface area contributed by atoms with Gasteiger partial charge in [-0.1, -0.05) is 37.2 Å². The van der Waals surface area contributed by atoms with Gasteiger partial charge < -0.3 is 9.64 Å². The van der Waals surface area contributed by atoms with Crippen LogP contribution in [0, 0.1) is 5.92 Å². The summed E-state index contributed by atoms with van der Waals surface area (Å²) in [7, 11) is -1.58. The number of benzene rings is 1. The first-order valence-electron chi connectivity index (χ1n) is 7.84. The Balaban J connectivity index is 2.10. The number of carbonyl (C=O) groups is 1. The number of halogens is 1. The Morgan fingerprint density at radius 3 is 2.76 bits per heavy atom. The lowest BCUT2D eigenvalue weighted by atomic mass is 10.2. The molecule has 2 heterocycles. The van der Waals surface area contributed by atoms with E-state index in [4.69, 9.17) is 16.3 Å². The number of carbonyl (C=O) groups excluding carboxylic acids is 1. The molecular weight excluding hydrogens is 384 g/mol. The number of thioether (sulfide) groups is 1. The minimum Gasteiger partial charge on any atom is -0.495 e. The maximum absolute atomic E-state index is 12.1. The molecule has 6 nitrogen and oxygen atoms in total. The molecule has 1 amide bonds. The zero-order valence-corrected chi connectivity index (χ0v) is 16.5. The quantitative estimate of drug-likeness (QED) is 0.773. The zero-order valence-electron chi connectivity index (χ0n) is 14.1. The molecule has 3 rings (SSSR count). The average Bonchev–Trinajstić information content (AvgIpc) is 2.97. The molecule has 2 aliphatic rings. The summed E-state index contributed by atoms with van der Waals surface area (Å²) < 4.78 is 29.6. The normalized spacial score (nSPS) is 26.3. The van der Waals surface area contributed by atoms with Crippen LogP contribution < -0.4 is 9.64 Å². The first-order valence-corrected chi connectivity index (χ1v) is 10.9. The van der Waals surface area contributed by atoms with Gasteiger partial charge in [-0.25, -0.2) is 8.42 Å². The fourth-order valence-electron chi connectivity index (χ4n) is 2.92. The van der Waals surface area contributed by atoms with E-state index in [-0.39, 0.29) is 34.6 Å². The Hall–Kier alpha value is -1.25. The van der Waals surface area contributed by atoms with Crippen molar-refractivity contribution in [2.24, 2.45) is 10.9 Å². The molecule has 2 saturated heterocycles. The lowest BCUT2D eigenvalue weighted by Crippen LogP contribution is -2.38. The molecule has 25 heavy (non-hydrogen) atoms. The van der Waals surface area contributed by atoms with E-state index in [1.807, 2.05) is 0 Å². The van der Waals surface area contributed by atoms with Crippen LogP contribution in [-0.2, 0) is 14.6 Å². The third-order valence-corrected chi connectivity index (χ3v) is 7.61. The number of methoxy groups -OCH3 is 1. The number of sulfone groups is 1. The van der Waals surface area contributed by atoms with Crippen LogP contribution in [0.3, 0.4) is 0 Å². The first-order chi connectivity index (χ1) is 11.7. The van der Waals surface area contributed by atoms with E-state index >= 15 is 0 Å². The van der Waals surface area contributed by atoms with Crippen molar-refractivity contribution in [1.82, 2.24) is 0 Å². The van der Waals surface area contributed by atoms with Gasteiger partial charge in [-0.3, -0.25) is 4.79 Å². The van der Waals surface area contributed by atoms with Crippen LogP contribution in [0.25, 0.3) is 0 Å². The van der Waals surface area contributed by atoms with Crippen molar-refractivity contribution in [3.8, 4) is 5.75 Å². The number of rotatable bonds is 3. The van der Waals surface area contributed by atoms with Gasteiger partial charge in [-0.15, -0.1) is 0 Å². The Bertz CT molecular complexity index is 839. The topological polar surface area (TPSA) is 76.0 Å². The molecule has 0 aromatic heterocycles. The predicted octanol–water partition coefficient (Wildman–Crippen LogP) is 2.61. The minimum absolute atomic E-state index is 0.0230. The van der Waals surface area contributed by atoms with Gasteiger partial charge in [0.15, 0.2) is 15.0 Å². The number of hydrogen-bond donors (Lipinski definition) is 0. The number of ether oxygens (including phenoxy) is 1. The molecule has 9 heteroatoms. The summed E-state index contributed by atoms with van der Waals surface area (Å²) in [5.74, 6) is 0.183. The number of fused-ring (bicyclic) bond motifs is 1. The number of aliphatic imine (C=N–C) groups is 1. The summed E-state index contributed by atoms with van der Waals surface area (Å²) in [5.41, 5.74) is 0.627. The summed E-state index contributed by atoms with van der Waals surface area (Å²) in [6, 6.07) is 4.84. The number of hydrogen-bond acceptors (Lipinski definition) is 5. The molecule has 0 radical (unpaired) electrons. The first kappa shape index (κ1) is 18.5.